The van der Waals surface area contributed by atoms with Crippen LogP contribution in [0.15, 0.2) is 40.4 Å². The largest absolute Gasteiger partial charge is 0.348 e. The fourth-order valence-corrected chi connectivity index (χ4v) is 4.12. The van der Waals surface area contributed by atoms with Gasteiger partial charge in [-0.25, -0.2) is 9.67 Å². The van der Waals surface area contributed by atoms with Crippen molar-refractivity contribution >= 4 is 46.1 Å². The second-order valence-electron chi connectivity index (χ2n) is 6.46. The van der Waals surface area contributed by atoms with Crippen molar-refractivity contribution in [3.8, 4) is 5.69 Å². The van der Waals surface area contributed by atoms with E-state index < -0.39 is 0 Å². The van der Waals surface area contributed by atoms with E-state index in [9.17, 15) is 4.79 Å². The molecule has 0 fully saturated rings. The van der Waals surface area contributed by atoms with Crippen LogP contribution in [0.2, 0.25) is 5.02 Å². The average Bonchev–Trinajstić information content (AvgIpc) is 3.09. The summed E-state index contributed by atoms with van der Waals surface area (Å²) in [6, 6.07) is 7.49. The number of amidine groups is 2. The van der Waals surface area contributed by atoms with E-state index >= 15 is 0 Å². The SMILES string of the molecule is CN(C)C(=O)CSC1=Nc2c(cnn2-c2cccc(Cl)c2)C2=NCCCN12. The van der Waals surface area contributed by atoms with Crippen molar-refractivity contribution in [3.05, 3.63) is 41.0 Å². The first-order chi connectivity index (χ1) is 13.0. The maximum atomic E-state index is 12.0. The van der Waals surface area contributed by atoms with Gasteiger partial charge in [-0.3, -0.25) is 9.79 Å². The van der Waals surface area contributed by atoms with Crippen LogP contribution in [0.5, 0.6) is 0 Å². The molecule has 27 heavy (non-hydrogen) atoms. The molecular weight excluding hydrogens is 384 g/mol. The molecule has 7 nitrogen and oxygen atoms in total. The molecule has 1 amide bonds. The Morgan fingerprint density at radius 2 is 2.22 bits per heavy atom. The fourth-order valence-electron chi connectivity index (χ4n) is 2.94. The Bertz CT molecular complexity index is 951. The second-order valence-corrected chi connectivity index (χ2v) is 7.83. The van der Waals surface area contributed by atoms with Gasteiger partial charge in [-0.05, 0) is 24.6 Å². The monoisotopic (exact) mass is 402 g/mol. The molecule has 4 rings (SSSR count). The zero-order valence-electron chi connectivity index (χ0n) is 15.1. The third-order valence-corrected chi connectivity index (χ3v) is 5.55. The van der Waals surface area contributed by atoms with Gasteiger partial charge >= 0.3 is 0 Å². The molecule has 0 radical (unpaired) electrons. The lowest BCUT2D eigenvalue weighted by atomic mass is 10.2. The van der Waals surface area contributed by atoms with Crippen molar-refractivity contribution in [2.24, 2.45) is 9.98 Å². The summed E-state index contributed by atoms with van der Waals surface area (Å²) in [5.41, 5.74) is 1.74. The second kappa shape index (κ2) is 7.36. The van der Waals surface area contributed by atoms with Crippen molar-refractivity contribution in [1.29, 1.82) is 0 Å². The lowest BCUT2D eigenvalue weighted by molar-refractivity contribution is -0.125. The lowest BCUT2D eigenvalue weighted by Gasteiger charge is -2.32. The molecule has 0 spiro atoms. The summed E-state index contributed by atoms with van der Waals surface area (Å²) in [6.45, 7) is 1.62. The van der Waals surface area contributed by atoms with Crippen LogP contribution >= 0.6 is 23.4 Å². The topological polar surface area (TPSA) is 66.1 Å². The Kier molecular flexibility index (Phi) is 4.92. The summed E-state index contributed by atoms with van der Waals surface area (Å²) < 4.78 is 1.77. The van der Waals surface area contributed by atoms with Gasteiger partial charge in [0.25, 0.3) is 0 Å². The smallest absolute Gasteiger partial charge is 0.232 e. The van der Waals surface area contributed by atoms with Gasteiger partial charge in [0.2, 0.25) is 5.91 Å². The fraction of sp³-hybridized carbons (Fsp3) is 0.333. The van der Waals surface area contributed by atoms with Crippen molar-refractivity contribution in [2.75, 3.05) is 32.9 Å². The number of halogens is 1. The minimum absolute atomic E-state index is 0.0485. The Morgan fingerprint density at radius 3 is 3.00 bits per heavy atom. The number of thioether (sulfide) groups is 1. The van der Waals surface area contributed by atoms with Gasteiger partial charge in [-0.1, -0.05) is 29.4 Å². The minimum atomic E-state index is 0.0485. The van der Waals surface area contributed by atoms with Gasteiger partial charge in [0.15, 0.2) is 11.0 Å². The van der Waals surface area contributed by atoms with E-state index in [0.717, 1.165) is 41.8 Å². The average molecular weight is 403 g/mol. The summed E-state index contributed by atoms with van der Waals surface area (Å²) in [4.78, 5) is 25.3. The van der Waals surface area contributed by atoms with Crippen molar-refractivity contribution in [2.45, 2.75) is 6.42 Å². The molecule has 0 saturated carbocycles. The molecule has 2 aliphatic rings. The normalized spacial score (nSPS) is 15.6. The zero-order valence-corrected chi connectivity index (χ0v) is 16.7. The molecule has 1 aromatic carbocycles. The first-order valence-electron chi connectivity index (χ1n) is 8.62. The molecule has 0 N–H and O–H groups in total. The highest BCUT2D eigenvalue weighted by atomic mass is 35.5. The molecule has 9 heteroatoms. The summed E-state index contributed by atoms with van der Waals surface area (Å²) >= 11 is 7.57. The number of aromatic nitrogens is 2. The molecule has 1 aromatic heterocycles. The lowest BCUT2D eigenvalue weighted by Crippen LogP contribution is -2.42. The summed E-state index contributed by atoms with van der Waals surface area (Å²) in [7, 11) is 3.51. The molecule has 2 aliphatic heterocycles. The summed E-state index contributed by atoms with van der Waals surface area (Å²) in [6.07, 6.45) is 2.76. The maximum Gasteiger partial charge on any atom is 0.232 e. The highest BCUT2D eigenvalue weighted by molar-refractivity contribution is 8.14. The molecule has 140 valence electrons. The highest BCUT2D eigenvalue weighted by Crippen LogP contribution is 2.33. The molecule has 0 atom stereocenters. The van der Waals surface area contributed by atoms with Crippen LogP contribution in [0.3, 0.4) is 0 Å². The van der Waals surface area contributed by atoms with Crippen LogP contribution in [0, 0.1) is 0 Å². The van der Waals surface area contributed by atoms with Crippen LogP contribution in [-0.2, 0) is 4.79 Å². The molecule has 0 bridgehead atoms. The van der Waals surface area contributed by atoms with Crippen LogP contribution < -0.4 is 0 Å². The van der Waals surface area contributed by atoms with E-state index in [2.05, 4.69) is 10.00 Å². The number of amides is 1. The summed E-state index contributed by atoms with van der Waals surface area (Å²) in [5, 5.41) is 5.93. The molecule has 2 aromatic rings. The van der Waals surface area contributed by atoms with E-state index in [1.54, 1.807) is 29.9 Å². The predicted molar refractivity (Wildman–Crippen MR) is 110 cm³/mol. The maximum absolute atomic E-state index is 12.0. The predicted octanol–water partition coefficient (Wildman–Crippen LogP) is 2.80. The van der Waals surface area contributed by atoms with Gasteiger partial charge in [0, 0.05) is 32.2 Å². The number of carbonyl (C=O) groups excluding carboxylic acids is 1. The van der Waals surface area contributed by atoms with E-state index in [1.165, 1.54) is 11.8 Å². The third-order valence-electron chi connectivity index (χ3n) is 4.35. The number of hydrogen-bond donors (Lipinski definition) is 0. The summed E-state index contributed by atoms with van der Waals surface area (Å²) in [5.74, 6) is 1.97. The Morgan fingerprint density at radius 1 is 1.37 bits per heavy atom. The van der Waals surface area contributed by atoms with Gasteiger partial charge < -0.3 is 9.80 Å². The Balaban J connectivity index is 1.75. The van der Waals surface area contributed by atoms with Crippen LogP contribution in [0.1, 0.15) is 12.0 Å². The van der Waals surface area contributed by atoms with E-state index in [4.69, 9.17) is 21.6 Å². The molecular formula is C18H19ClN6OS. The van der Waals surface area contributed by atoms with Crippen molar-refractivity contribution in [1.82, 2.24) is 19.6 Å². The number of fused-ring (bicyclic) bond motifs is 3. The molecule has 0 aliphatic carbocycles. The Labute approximate surface area is 166 Å². The number of benzene rings is 1. The third kappa shape index (κ3) is 3.46. The number of nitrogens with zero attached hydrogens (tertiary/aromatic N) is 6. The van der Waals surface area contributed by atoms with Crippen LogP contribution in [0.4, 0.5) is 5.82 Å². The number of rotatable bonds is 3. The quantitative estimate of drug-likeness (QED) is 0.791. The van der Waals surface area contributed by atoms with Gasteiger partial charge in [0.1, 0.15) is 5.84 Å². The van der Waals surface area contributed by atoms with Crippen LogP contribution in [-0.4, -0.2) is 69.4 Å². The van der Waals surface area contributed by atoms with Crippen molar-refractivity contribution in [3.63, 3.8) is 0 Å². The van der Waals surface area contributed by atoms with Gasteiger partial charge in [-0.2, -0.15) is 5.10 Å². The first-order valence-corrected chi connectivity index (χ1v) is 9.99. The van der Waals surface area contributed by atoms with Gasteiger partial charge in [-0.15, -0.1) is 0 Å². The van der Waals surface area contributed by atoms with Gasteiger partial charge in [0.05, 0.1) is 23.2 Å². The molecule has 0 unspecified atom stereocenters. The first kappa shape index (κ1) is 18.1. The number of hydrogen-bond acceptors (Lipinski definition) is 6. The standard InChI is InChI=1S/C18H19ClN6OS/c1-23(2)15(26)11-27-18-22-17-14(16-20-7-4-8-24(16)18)10-21-25(17)13-6-3-5-12(19)9-13/h3,5-6,9-10H,4,7-8,11H2,1-2H3. The highest BCUT2D eigenvalue weighted by Gasteiger charge is 2.32. The van der Waals surface area contributed by atoms with E-state index in [-0.39, 0.29) is 5.91 Å². The zero-order chi connectivity index (χ0) is 19.0. The van der Waals surface area contributed by atoms with E-state index in [1.807, 2.05) is 24.3 Å². The molecule has 0 saturated heterocycles. The minimum Gasteiger partial charge on any atom is -0.348 e. The van der Waals surface area contributed by atoms with Crippen molar-refractivity contribution < 1.29 is 4.79 Å². The number of aliphatic imine (C=N–C) groups is 2. The van der Waals surface area contributed by atoms with Crippen LogP contribution in [0.25, 0.3) is 5.69 Å². The number of carbonyl (C=O) groups is 1. The molecule has 3 heterocycles. The Hall–Kier alpha value is -2.32. The van der Waals surface area contributed by atoms with E-state index in [0.29, 0.717) is 16.6 Å².